The zero-order chi connectivity index (χ0) is 8.06. The van der Waals surface area contributed by atoms with E-state index in [-0.39, 0.29) is 13.6 Å². The highest BCUT2D eigenvalue weighted by molar-refractivity contribution is 9.12. The number of rotatable bonds is 1. The third kappa shape index (κ3) is 1.12. The quantitative estimate of drug-likeness (QED) is 0.397. The number of fused-ring (bicyclic) bond motifs is 1. The number of allylic oxidation sites excluding steroid dienone is 2. The molecule has 0 saturated heterocycles. The van der Waals surface area contributed by atoms with E-state index in [1.54, 1.807) is 6.08 Å². The van der Waals surface area contributed by atoms with Crippen molar-refractivity contribution in [3.63, 3.8) is 0 Å². The van der Waals surface area contributed by atoms with Crippen LogP contribution in [0.25, 0.3) is 0 Å². The maximum Gasteiger partial charge on any atom is 0.305 e. The van der Waals surface area contributed by atoms with Crippen LogP contribution in [0.4, 0.5) is 0 Å². The maximum atomic E-state index is 10.3. The van der Waals surface area contributed by atoms with Crippen molar-refractivity contribution in [2.45, 2.75) is 10.1 Å². The first-order valence-electron chi connectivity index (χ1n) is 3.05. The van der Waals surface area contributed by atoms with Crippen molar-refractivity contribution in [1.29, 1.82) is 0 Å². The molecule has 0 saturated carbocycles. The van der Waals surface area contributed by atoms with Crippen LogP contribution in [0.5, 0.6) is 0 Å². The fourth-order valence-electron chi connectivity index (χ4n) is 1.14. The molecule has 11 heavy (non-hydrogen) atoms. The normalized spacial score (nSPS) is 33.5. The van der Waals surface area contributed by atoms with Crippen LogP contribution in [0.15, 0.2) is 22.8 Å². The summed E-state index contributed by atoms with van der Waals surface area (Å²) < 4.78 is -0.167. The fraction of sp³-hybridized carbons (Fsp3) is 0.333. The number of halogens is 1. The van der Waals surface area contributed by atoms with Crippen molar-refractivity contribution in [2.75, 3.05) is 0 Å². The summed E-state index contributed by atoms with van der Waals surface area (Å²) in [5.41, 5.74) is 1.06. The van der Waals surface area contributed by atoms with Crippen LogP contribution in [0.2, 0.25) is 0 Å². The summed E-state index contributed by atoms with van der Waals surface area (Å²) in [6, 6.07) is 0. The van der Waals surface area contributed by atoms with Gasteiger partial charge in [0.2, 0.25) is 0 Å². The Morgan fingerprint density at radius 3 is 2.82 bits per heavy atom. The molecule has 0 fully saturated rings. The number of nitrogens with zero attached hydrogens (tertiary/aromatic N) is 1. The molecule has 0 aromatic carbocycles. The summed E-state index contributed by atoms with van der Waals surface area (Å²) in [5.74, 6) is 0. The van der Waals surface area contributed by atoms with Crippen molar-refractivity contribution in [3.8, 4) is 0 Å². The molecule has 2 heterocycles. The summed E-state index contributed by atoms with van der Waals surface area (Å²) in [4.78, 5) is 9.99. The van der Waals surface area contributed by atoms with Crippen LogP contribution in [0.1, 0.15) is 6.42 Å². The monoisotopic (exact) mass is 233 g/mol. The van der Waals surface area contributed by atoms with Gasteiger partial charge < -0.3 is 0 Å². The van der Waals surface area contributed by atoms with Gasteiger partial charge in [-0.25, -0.2) is 0 Å². The lowest BCUT2D eigenvalue weighted by Gasteiger charge is -2.34. The second kappa shape index (κ2) is 2.10. The zero-order valence-corrected chi connectivity index (χ0v) is 7.81. The highest BCUT2D eigenvalue weighted by Gasteiger charge is 2.43. The molecule has 3 aliphatic rings. The van der Waals surface area contributed by atoms with Crippen molar-refractivity contribution in [2.24, 2.45) is 0 Å². The highest BCUT2D eigenvalue weighted by Crippen LogP contribution is 2.55. The topological polar surface area (TPSA) is 43.1 Å². The molecule has 3 nitrogen and oxygen atoms in total. The van der Waals surface area contributed by atoms with E-state index in [0.29, 0.717) is 0 Å². The van der Waals surface area contributed by atoms with Gasteiger partial charge in [-0.15, -0.1) is 0 Å². The molecule has 1 aliphatic carbocycles. The molecule has 0 amide bonds. The molecule has 5 heteroatoms. The van der Waals surface area contributed by atoms with Crippen molar-refractivity contribution in [1.82, 2.24) is 0 Å². The second-order valence-electron chi connectivity index (χ2n) is 2.52. The molecule has 0 radical (unpaired) electrons. The molecule has 0 N–H and O–H groups in total. The first kappa shape index (κ1) is 7.36. The molecule has 1 atom stereocenters. The van der Waals surface area contributed by atoms with Gasteiger partial charge in [0.15, 0.2) is 0 Å². The van der Waals surface area contributed by atoms with E-state index in [4.69, 9.17) is 0 Å². The Morgan fingerprint density at radius 2 is 2.45 bits per heavy atom. The Kier molecular flexibility index (Phi) is 1.41. The molecule has 58 valence electrons. The van der Waals surface area contributed by atoms with E-state index in [0.717, 1.165) is 12.0 Å². The summed E-state index contributed by atoms with van der Waals surface area (Å²) in [6.07, 6.45) is 4.54. The Labute approximate surface area is 75.8 Å². The zero-order valence-electron chi connectivity index (χ0n) is 5.41. The molecule has 0 aromatic rings. The minimum absolute atomic E-state index is 0.167. The molecule has 1 unspecified atom stereocenters. The molecule has 3 rings (SSSR count). The maximum absolute atomic E-state index is 10.3. The van der Waals surface area contributed by atoms with Gasteiger partial charge in [0.25, 0.3) is 0 Å². The van der Waals surface area contributed by atoms with Crippen LogP contribution in [-0.2, 0) is 0 Å². The molecular weight excluding hydrogens is 230 g/mol. The number of hydrogen-bond donors (Lipinski definition) is 0. The molecule has 0 aromatic heterocycles. The van der Waals surface area contributed by atoms with Crippen LogP contribution >= 0.6 is 27.7 Å². The Morgan fingerprint density at radius 1 is 1.82 bits per heavy atom. The third-order valence-electron chi connectivity index (χ3n) is 1.61. The number of alkyl halides is 1. The SMILES string of the molecule is O=[N+]([O-])C1=CC2=CC(Br)(C2)S1. The Hall–Kier alpha value is -0.290. The highest BCUT2D eigenvalue weighted by atomic mass is 79.9. The summed E-state index contributed by atoms with van der Waals surface area (Å²) in [6.45, 7) is 0. The Bertz CT molecular complexity index is 299. The average molecular weight is 234 g/mol. The minimum Gasteiger partial charge on any atom is -0.258 e. The smallest absolute Gasteiger partial charge is 0.258 e. The predicted molar refractivity (Wildman–Crippen MR) is 47.0 cm³/mol. The number of thioether (sulfide) groups is 1. The van der Waals surface area contributed by atoms with E-state index in [1.807, 2.05) is 6.08 Å². The van der Waals surface area contributed by atoms with Gasteiger partial charge in [0, 0.05) is 12.5 Å². The summed E-state index contributed by atoms with van der Waals surface area (Å²) >= 11 is 4.67. The van der Waals surface area contributed by atoms with Gasteiger partial charge in [-0.1, -0.05) is 22.0 Å². The first-order valence-corrected chi connectivity index (χ1v) is 4.66. The Balaban J connectivity index is 2.30. The third-order valence-corrected chi connectivity index (χ3v) is 3.68. The minimum atomic E-state index is -0.340. The predicted octanol–water partition coefficient (Wildman–Crippen LogP) is 2.27. The number of nitro groups is 1. The molecule has 0 spiro atoms. The van der Waals surface area contributed by atoms with E-state index in [2.05, 4.69) is 15.9 Å². The second-order valence-corrected chi connectivity index (χ2v) is 5.81. The van der Waals surface area contributed by atoms with Gasteiger partial charge >= 0.3 is 5.03 Å². The summed E-state index contributed by atoms with van der Waals surface area (Å²) in [7, 11) is 0. The van der Waals surface area contributed by atoms with Crippen LogP contribution < -0.4 is 0 Å². The summed E-state index contributed by atoms with van der Waals surface area (Å²) in [5, 5.41) is 10.6. The fourth-order valence-corrected chi connectivity index (χ4v) is 3.33. The lowest BCUT2D eigenvalue weighted by atomic mass is 9.98. The molecule has 2 aliphatic heterocycles. The molecular formula is C6H4BrNO2S. The van der Waals surface area contributed by atoms with Gasteiger partial charge in [-0.3, -0.25) is 10.1 Å². The first-order chi connectivity index (χ1) is 5.09. The van der Waals surface area contributed by atoms with Gasteiger partial charge in [0.05, 0.1) is 4.92 Å². The van der Waals surface area contributed by atoms with Gasteiger partial charge in [-0.05, 0) is 17.3 Å². The lowest BCUT2D eigenvalue weighted by molar-refractivity contribution is -0.410. The van der Waals surface area contributed by atoms with Gasteiger partial charge in [0.1, 0.15) is 3.66 Å². The largest absolute Gasteiger partial charge is 0.305 e. The van der Waals surface area contributed by atoms with E-state index in [9.17, 15) is 10.1 Å². The van der Waals surface area contributed by atoms with E-state index < -0.39 is 0 Å². The van der Waals surface area contributed by atoms with E-state index >= 15 is 0 Å². The van der Waals surface area contributed by atoms with Crippen LogP contribution in [0.3, 0.4) is 0 Å². The van der Waals surface area contributed by atoms with Crippen LogP contribution in [-0.4, -0.2) is 8.58 Å². The average Bonchev–Trinajstić information content (AvgIpc) is 1.84. The van der Waals surface area contributed by atoms with Crippen molar-refractivity contribution < 1.29 is 4.92 Å². The van der Waals surface area contributed by atoms with Crippen LogP contribution in [0, 0.1) is 10.1 Å². The standard InChI is InChI=1S/C6H4BrNO2S/c7-6-2-4(3-6)1-5(11-6)8(9)10/h1-2H,3H2. The lowest BCUT2D eigenvalue weighted by Crippen LogP contribution is -2.27. The molecule has 2 bridgehead atoms. The number of hydrogen-bond acceptors (Lipinski definition) is 3. The van der Waals surface area contributed by atoms with Crippen molar-refractivity contribution in [3.05, 3.63) is 32.9 Å². The van der Waals surface area contributed by atoms with Crippen molar-refractivity contribution >= 4 is 27.7 Å². The van der Waals surface area contributed by atoms with E-state index in [1.165, 1.54) is 11.8 Å². The van der Waals surface area contributed by atoms with Gasteiger partial charge in [-0.2, -0.15) is 0 Å².